The number of hydrogen-bond acceptors (Lipinski definition) is 1. The highest BCUT2D eigenvalue weighted by atomic mass is 28.3. The van der Waals surface area contributed by atoms with Crippen LogP contribution in [0.1, 0.15) is 17.2 Å². The average molecular weight is 242 g/mol. The highest BCUT2D eigenvalue weighted by Crippen LogP contribution is 2.31. The van der Waals surface area contributed by atoms with E-state index in [4.69, 9.17) is 0 Å². The summed E-state index contributed by atoms with van der Waals surface area (Å²) in [5.74, 6) is 3.17. The maximum atomic E-state index is 10.3. The number of aliphatic hydroxyl groups is 1. The summed E-state index contributed by atoms with van der Waals surface area (Å²) in [5.41, 5.74) is 5.42. The van der Waals surface area contributed by atoms with Gasteiger partial charge in [-0.25, -0.2) is 0 Å². The van der Waals surface area contributed by atoms with Gasteiger partial charge in [-0.3, -0.25) is 0 Å². The van der Waals surface area contributed by atoms with Gasteiger partial charge in [-0.1, -0.05) is 62.0 Å². The fourth-order valence-corrected chi connectivity index (χ4v) is 2.46. The molecule has 1 aliphatic carbocycles. The van der Waals surface area contributed by atoms with Crippen molar-refractivity contribution in [1.82, 2.24) is 0 Å². The maximum absolute atomic E-state index is 10.3. The predicted molar refractivity (Wildman–Crippen MR) is 75.0 cm³/mol. The quantitative estimate of drug-likeness (QED) is 0.547. The molecule has 1 N–H and O–H groups in total. The van der Waals surface area contributed by atoms with E-state index in [1.807, 2.05) is 30.3 Å². The van der Waals surface area contributed by atoms with Crippen LogP contribution in [0.4, 0.5) is 0 Å². The minimum absolute atomic E-state index is 0.0587. The lowest BCUT2D eigenvalue weighted by atomic mass is 9.87. The van der Waals surface area contributed by atoms with Gasteiger partial charge >= 0.3 is 0 Å². The van der Waals surface area contributed by atoms with E-state index in [1.54, 1.807) is 0 Å². The molecule has 0 bridgehead atoms. The summed E-state index contributed by atoms with van der Waals surface area (Å²) < 4.78 is 0. The smallest absolute Gasteiger partial charge is 0.129 e. The van der Waals surface area contributed by atoms with Crippen molar-refractivity contribution in [3.8, 4) is 11.5 Å². The molecule has 0 spiro atoms. The molecular formula is C15H18OSi. The minimum atomic E-state index is -1.37. The standard InChI is InChI=1S/C15H18OSi/c1-17(2,3)11-10-13-9-8-12-6-4-5-7-14(12)15(13)16/h4-9,13,15-16H,1-3H3/t13-,15+/m1/s1. The molecule has 0 saturated carbocycles. The predicted octanol–water partition coefficient (Wildman–Crippen LogP) is 3.24. The van der Waals surface area contributed by atoms with Gasteiger partial charge in [0.15, 0.2) is 0 Å². The molecule has 88 valence electrons. The van der Waals surface area contributed by atoms with Gasteiger partial charge in [-0.2, -0.15) is 0 Å². The first-order chi connectivity index (χ1) is 7.97. The Bertz CT molecular complexity index is 500. The molecular weight excluding hydrogens is 224 g/mol. The summed E-state index contributed by atoms with van der Waals surface area (Å²) >= 11 is 0. The van der Waals surface area contributed by atoms with Gasteiger partial charge in [0, 0.05) is 0 Å². The normalized spacial score (nSPS) is 22.6. The Morgan fingerprint density at radius 2 is 1.88 bits per heavy atom. The van der Waals surface area contributed by atoms with Gasteiger partial charge in [-0.15, -0.1) is 5.54 Å². The van der Waals surface area contributed by atoms with E-state index in [1.165, 1.54) is 0 Å². The molecule has 0 amide bonds. The molecule has 17 heavy (non-hydrogen) atoms. The van der Waals surface area contributed by atoms with Crippen LogP contribution in [-0.2, 0) is 0 Å². The van der Waals surface area contributed by atoms with E-state index in [-0.39, 0.29) is 5.92 Å². The van der Waals surface area contributed by atoms with Gasteiger partial charge in [0.05, 0.1) is 12.0 Å². The van der Waals surface area contributed by atoms with Crippen molar-refractivity contribution in [2.24, 2.45) is 5.92 Å². The van der Waals surface area contributed by atoms with E-state index in [2.05, 4.69) is 37.2 Å². The maximum Gasteiger partial charge on any atom is 0.129 e. The third kappa shape index (κ3) is 2.88. The van der Waals surface area contributed by atoms with E-state index >= 15 is 0 Å². The summed E-state index contributed by atoms with van der Waals surface area (Å²) in [6, 6.07) is 7.96. The Morgan fingerprint density at radius 1 is 1.18 bits per heavy atom. The Kier molecular flexibility index (Phi) is 3.23. The summed E-state index contributed by atoms with van der Waals surface area (Å²) in [7, 11) is -1.37. The van der Waals surface area contributed by atoms with Crippen LogP contribution in [0.5, 0.6) is 0 Å². The number of fused-ring (bicyclic) bond motifs is 1. The molecule has 0 aliphatic heterocycles. The lowest BCUT2D eigenvalue weighted by Gasteiger charge is -2.22. The van der Waals surface area contributed by atoms with E-state index in [0.29, 0.717) is 0 Å². The van der Waals surface area contributed by atoms with Crippen molar-refractivity contribution in [3.05, 3.63) is 41.5 Å². The molecule has 2 heteroatoms. The van der Waals surface area contributed by atoms with Gasteiger partial charge in [0.2, 0.25) is 0 Å². The van der Waals surface area contributed by atoms with Crippen LogP contribution in [0, 0.1) is 17.4 Å². The second kappa shape index (κ2) is 4.52. The largest absolute Gasteiger partial charge is 0.387 e. The molecule has 1 aromatic rings. The van der Waals surface area contributed by atoms with Crippen molar-refractivity contribution < 1.29 is 5.11 Å². The van der Waals surface area contributed by atoms with Crippen molar-refractivity contribution in [2.45, 2.75) is 25.7 Å². The number of aliphatic hydroxyl groups excluding tert-OH is 1. The summed E-state index contributed by atoms with van der Waals surface area (Å²) in [4.78, 5) is 0. The first kappa shape index (κ1) is 12.2. The second-order valence-corrected chi connectivity index (χ2v) is 10.2. The molecule has 0 saturated heterocycles. The lowest BCUT2D eigenvalue weighted by molar-refractivity contribution is 0.153. The van der Waals surface area contributed by atoms with Crippen LogP contribution in [-0.4, -0.2) is 13.2 Å². The van der Waals surface area contributed by atoms with Crippen LogP contribution in [0.2, 0.25) is 19.6 Å². The van der Waals surface area contributed by atoms with Gasteiger partial charge in [0.25, 0.3) is 0 Å². The molecule has 2 atom stereocenters. The molecule has 0 radical (unpaired) electrons. The summed E-state index contributed by atoms with van der Waals surface area (Å²) in [6.45, 7) is 6.65. The van der Waals surface area contributed by atoms with Crippen LogP contribution < -0.4 is 0 Å². The number of hydrogen-bond donors (Lipinski definition) is 1. The Labute approximate surface area is 104 Å². The van der Waals surface area contributed by atoms with Gasteiger partial charge in [-0.05, 0) is 11.1 Å². The van der Waals surface area contributed by atoms with Crippen LogP contribution in [0.3, 0.4) is 0 Å². The Morgan fingerprint density at radius 3 is 2.59 bits per heavy atom. The number of rotatable bonds is 0. The van der Waals surface area contributed by atoms with E-state index < -0.39 is 14.2 Å². The van der Waals surface area contributed by atoms with Crippen LogP contribution >= 0.6 is 0 Å². The Balaban J connectivity index is 2.29. The molecule has 2 rings (SSSR count). The van der Waals surface area contributed by atoms with Gasteiger partial charge in [0.1, 0.15) is 8.07 Å². The monoisotopic (exact) mass is 242 g/mol. The third-order valence-electron chi connectivity index (χ3n) is 2.75. The van der Waals surface area contributed by atoms with Crippen molar-refractivity contribution in [1.29, 1.82) is 0 Å². The first-order valence-corrected chi connectivity index (χ1v) is 9.45. The highest BCUT2D eigenvalue weighted by Gasteiger charge is 2.22. The summed E-state index contributed by atoms with van der Waals surface area (Å²) in [5, 5.41) is 10.3. The fourth-order valence-electron chi connectivity index (χ4n) is 1.86. The molecule has 0 aromatic heterocycles. The molecule has 1 nitrogen and oxygen atoms in total. The van der Waals surface area contributed by atoms with E-state index in [0.717, 1.165) is 11.1 Å². The molecule has 1 aliphatic rings. The zero-order valence-electron chi connectivity index (χ0n) is 10.6. The van der Waals surface area contributed by atoms with Crippen molar-refractivity contribution >= 4 is 14.1 Å². The topological polar surface area (TPSA) is 20.2 Å². The summed E-state index contributed by atoms with van der Waals surface area (Å²) in [6.07, 6.45) is 3.59. The zero-order valence-corrected chi connectivity index (χ0v) is 11.6. The van der Waals surface area contributed by atoms with E-state index in [9.17, 15) is 5.11 Å². The van der Waals surface area contributed by atoms with Crippen LogP contribution in [0.25, 0.3) is 6.08 Å². The van der Waals surface area contributed by atoms with Crippen molar-refractivity contribution in [3.63, 3.8) is 0 Å². The Hall–Kier alpha value is -1.30. The molecule has 0 unspecified atom stereocenters. The minimum Gasteiger partial charge on any atom is -0.387 e. The fraction of sp³-hybridized carbons (Fsp3) is 0.333. The van der Waals surface area contributed by atoms with Crippen molar-refractivity contribution in [2.75, 3.05) is 0 Å². The lowest BCUT2D eigenvalue weighted by Crippen LogP contribution is -2.19. The third-order valence-corrected chi connectivity index (χ3v) is 3.65. The molecule has 0 fully saturated rings. The number of benzene rings is 1. The SMILES string of the molecule is C[Si](C)(C)C#C[C@H]1C=Cc2ccccc2[C@H]1O. The molecule has 0 heterocycles. The average Bonchev–Trinajstić information content (AvgIpc) is 2.27. The second-order valence-electron chi connectivity index (χ2n) is 5.48. The highest BCUT2D eigenvalue weighted by molar-refractivity contribution is 6.83. The zero-order chi connectivity index (χ0) is 12.5. The molecule has 1 aromatic carbocycles. The van der Waals surface area contributed by atoms with Crippen LogP contribution in [0.15, 0.2) is 30.3 Å². The first-order valence-electron chi connectivity index (χ1n) is 5.95. The van der Waals surface area contributed by atoms with Gasteiger partial charge < -0.3 is 5.11 Å².